The third-order valence-electron chi connectivity index (χ3n) is 2.13. The Labute approximate surface area is 72.3 Å². The minimum Gasteiger partial charge on any atom is -0.391 e. The van der Waals surface area contributed by atoms with Crippen molar-refractivity contribution in [3.05, 3.63) is 0 Å². The second-order valence-corrected chi connectivity index (χ2v) is 3.11. The van der Waals surface area contributed by atoms with Gasteiger partial charge in [0.1, 0.15) is 0 Å². The number of amides is 2. The first-order valence-corrected chi connectivity index (χ1v) is 4.46. The first-order valence-electron chi connectivity index (χ1n) is 4.46. The Morgan fingerprint density at radius 3 is 2.83 bits per heavy atom. The van der Waals surface area contributed by atoms with E-state index in [1.165, 1.54) is 0 Å². The summed E-state index contributed by atoms with van der Waals surface area (Å²) in [6.45, 7) is 2.49. The number of carbonyl (C=O) groups excluding carboxylic acids is 1. The van der Waals surface area contributed by atoms with E-state index in [4.69, 9.17) is 0 Å². The van der Waals surface area contributed by atoms with Gasteiger partial charge in [-0.2, -0.15) is 0 Å². The van der Waals surface area contributed by atoms with Crippen molar-refractivity contribution in [2.24, 2.45) is 0 Å². The van der Waals surface area contributed by atoms with Crippen molar-refractivity contribution >= 4 is 6.03 Å². The smallest absolute Gasteiger partial charge is 0.315 e. The number of hydrogen-bond donors (Lipinski definition) is 3. The predicted molar refractivity (Wildman–Crippen MR) is 45.9 cm³/mol. The number of rotatable bonds is 2. The van der Waals surface area contributed by atoms with Gasteiger partial charge in [-0.1, -0.05) is 0 Å². The van der Waals surface area contributed by atoms with E-state index in [0.717, 1.165) is 19.3 Å². The second kappa shape index (κ2) is 4.30. The molecular weight excluding hydrogens is 156 g/mol. The zero-order chi connectivity index (χ0) is 8.97. The van der Waals surface area contributed by atoms with Crippen LogP contribution in [-0.4, -0.2) is 29.8 Å². The highest BCUT2D eigenvalue weighted by Crippen LogP contribution is 2.18. The van der Waals surface area contributed by atoms with Crippen LogP contribution in [0.15, 0.2) is 0 Å². The molecule has 4 heteroatoms. The topological polar surface area (TPSA) is 61.4 Å². The minimum atomic E-state index is -0.354. The van der Waals surface area contributed by atoms with Crippen molar-refractivity contribution in [2.75, 3.05) is 6.54 Å². The monoisotopic (exact) mass is 172 g/mol. The molecular formula is C8H16N2O2. The Bertz CT molecular complexity index is 161. The van der Waals surface area contributed by atoms with Crippen molar-refractivity contribution in [1.82, 2.24) is 10.6 Å². The van der Waals surface area contributed by atoms with Crippen LogP contribution in [-0.2, 0) is 0 Å². The molecule has 1 fully saturated rings. The van der Waals surface area contributed by atoms with E-state index in [1.807, 2.05) is 6.92 Å². The fourth-order valence-electron chi connectivity index (χ4n) is 1.49. The molecule has 0 aromatic carbocycles. The second-order valence-electron chi connectivity index (χ2n) is 3.11. The van der Waals surface area contributed by atoms with E-state index in [1.54, 1.807) is 0 Å². The summed E-state index contributed by atoms with van der Waals surface area (Å²) in [7, 11) is 0. The summed E-state index contributed by atoms with van der Waals surface area (Å²) < 4.78 is 0. The summed E-state index contributed by atoms with van der Waals surface area (Å²) in [4.78, 5) is 11.0. The van der Waals surface area contributed by atoms with Crippen LogP contribution in [0.3, 0.4) is 0 Å². The summed E-state index contributed by atoms with van der Waals surface area (Å²) in [6.07, 6.45) is 2.33. The number of nitrogens with one attached hydrogen (secondary N) is 2. The van der Waals surface area contributed by atoms with Gasteiger partial charge in [0.2, 0.25) is 0 Å². The van der Waals surface area contributed by atoms with Gasteiger partial charge in [0.05, 0.1) is 12.1 Å². The van der Waals surface area contributed by atoms with Gasteiger partial charge in [-0.15, -0.1) is 0 Å². The van der Waals surface area contributed by atoms with E-state index in [0.29, 0.717) is 6.54 Å². The molecule has 0 aliphatic heterocycles. The molecule has 2 unspecified atom stereocenters. The third kappa shape index (κ3) is 2.37. The molecule has 2 atom stereocenters. The average Bonchev–Trinajstić information content (AvgIpc) is 2.37. The molecule has 1 rings (SSSR count). The molecule has 2 amide bonds. The van der Waals surface area contributed by atoms with Gasteiger partial charge in [0.25, 0.3) is 0 Å². The average molecular weight is 172 g/mol. The standard InChI is InChI=1S/C8H16N2O2/c1-2-9-8(12)10-6-4-3-5-7(6)11/h6-7,11H,2-5H2,1H3,(H2,9,10,12). The molecule has 0 heterocycles. The molecule has 12 heavy (non-hydrogen) atoms. The van der Waals surface area contributed by atoms with E-state index in [2.05, 4.69) is 10.6 Å². The fraction of sp³-hybridized carbons (Fsp3) is 0.875. The Balaban J connectivity index is 2.25. The van der Waals surface area contributed by atoms with Crippen LogP contribution in [0.4, 0.5) is 4.79 Å². The quantitative estimate of drug-likeness (QED) is 0.558. The highest BCUT2D eigenvalue weighted by molar-refractivity contribution is 5.74. The molecule has 0 spiro atoms. The summed E-state index contributed by atoms with van der Waals surface area (Å²) in [6, 6.07) is -0.222. The Hall–Kier alpha value is -0.770. The van der Waals surface area contributed by atoms with Crippen LogP contribution in [0.5, 0.6) is 0 Å². The molecule has 1 aliphatic carbocycles. The van der Waals surface area contributed by atoms with Crippen molar-refractivity contribution in [3.63, 3.8) is 0 Å². The molecule has 70 valence electrons. The number of urea groups is 1. The van der Waals surface area contributed by atoms with Crippen molar-refractivity contribution in [2.45, 2.75) is 38.3 Å². The zero-order valence-corrected chi connectivity index (χ0v) is 7.34. The summed E-state index contributed by atoms with van der Waals surface area (Å²) in [5.41, 5.74) is 0. The molecule has 0 radical (unpaired) electrons. The molecule has 0 bridgehead atoms. The minimum absolute atomic E-state index is 0.0449. The molecule has 0 aromatic rings. The largest absolute Gasteiger partial charge is 0.391 e. The van der Waals surface area contributed by atoms with Crippen LogP contribution in [0.1, 0.15) is 26.2 Å². The fourth-order valence-corrected chi connectivity index (χ4v) is 1.49. The van der Waals surface area contributed by atoms with Crippen LogP contribution in [0, 0.1) is 0 Å². The first kappa shape index (κ1) is 9.32. The molecule has 1 saturated carbocycles. The van der Waals surface area contributed by atoms with Gasteiger partial charge in [-0.3, -0.25) is 0 Å². The highest BCUT2D eigenvalue weighted by atomic mass is 16.3. The highest BCUT2D eigenvalue weighted by Gasteiger charge is 2.26. The van der Waals surface area contributed by atoms with Crippen LogP contribution in [0.2, 0.25) is 0 Å². The first-order chi connectivity index (χ1) is 5.74. The van der Waals surface area contributed by atoms with Gasteiger partial charge < -0.3 is 15.7 Å². The van der Waals surface area contributed by atoms with Gasteiger partial charge in [-0.05, 0) is 26.2 Å². The lowest BCUT2D eigenvalue weighted by Crippen LogP contribution is -2.45. The van der Waals surface area contributed by atoms with Gasteiger partial charge in [0, 0.05) is 6.54 Å². The van der Waals surface area contributed by atoms with E-state index in [-0.39, 0.29) is 18.2 Å². The summed E-state index contributed by atoms with van der Waals surface area (Å²) in [5.74, 6) is 0. The number of aliphatic hydroxyl groups is 1. The SMILES string of the molecule is CCNC(=O)NC1CCCC1O. The van der Waals surface area contributed by atoms with Crippen LogP contribution >= 0.6 is 0 Å². The maximum atomic E-state index is 11.0. The van der Waals surface area contributed by atoms with Crippen molar-refractivity contribution in [1.29, 1.82) is 0 Å². The van der Waals surface area contributed by atoms with Gasteiger partial charge in [0.15, 0.2) is 0 Å². The van der Waals surface area contributed by atoms with E-state index < -0.39 is 0 Å². The molecule has 3 N–H and O–H groups in total. The maximum Gasteiger partial charge on any atom is 0.315 e. The van der Waals surface area contributed by atoms with Gasteiger partial charge >= 0.3 is 6.03 Å². The lowest BCUT2D eigenvalue weighted by atomic mass is 10.2. The normalized spacial score (nSPS) is 28.5. The van der Waals surface area contributed by atoms with Crippen LogP contribution in [0.25, 0.3) is 0 Å². The lowest BCUT2D eigenvalue weighted by Gasteiger charge is -2.16. The maximum absolute atomic E-state index is 11.0. The number of carbonyl (C=O) groups is 1. The van der Waals surface area contributed by atoms with Crippen LogP contribution < -0.4 is 10.6 Å². The summed E-state index contributed by atoms with van der Waals surface area (Å²) in [5, 5.41) is 14.7. The molecule has 0 aromatic heterocycles. The molecule has 0 saturated heterocycles. The van der Waals surface area contributed by atoms with E-state index in [9.17, 15) is 9.90 Å². The van der Waals surface area contributed by atoms with Crippen molar-refractivity contribution < 1.29 is 9.90 Å². The van der Waals surface area contributed by atoms with Crippen molar-refractivity contribution in [3.8, 4) is 0 Å². The number of aliphatic hydroxyl groups excluding tert-OH is 1. The molecule has 1 aliphatic rings. The summed E-state index contributed by atoms with van der Waals surface area (Å²) >= 11 is 0. The van der Waals surface area contributed by atoms with E-state index >= 15 is 0 Å². The predicted octanol–water partition coefficient (Wildman–Crippen LogP) is 0.219. The Kier molecular flexibility index (Phi) is 3.34. The van der Waals surface area contributed by atoms with Gasteiger partial charge in [-0.25, -0.2) is 4.79 Å². The number of hydrogen-bond acceptors (Lipinski definition) is 2. The zero-order valence-electron chi connectivity index (χ0n) is 7.34. The molecule has 4 nitrogen and oxygen atoms in total. The third-order valence-corrected chi connectivity index (χ3v) is 2.13. The Morgan fingerprint density at radius 1 is 1.58 bits per heavy atom. The lowest BCUT2D eigenvalue weighted by molar-refractivity contribution is 0.149. The Morgan fingerprint density at radius 2 is 2.33 bits per heavy atom.